The third-order valence-corrected chi connectivity index (χ3v) is 2.93. The number of nitrogens with zero attached hydrogens (tertiary/aromatic N) is 3. The summed E-state index contributed by atoms with van der Waals surface area (Å²) in [4.78, 5) is 2.17. The Kier molecular flexibility index (Phi) is 4.71. The molecule has 0 amide bonds. The number of ether oxygens (including phenoxy) is 1. The van der Waals surface area contributed by atoms with Gasteiger partial charge in [-0.25, -0.2) is 0 Å². The molecule has 5 heteroatoms. The molecule has 2 rings (SSSR count). The standard InChI is InChI=1S/C14H16ClN3O/c1-18(10-12-5-8-14(15)17-16-12)9-11-3-6-13(19-2)7-4-11/h3-8H,9-10H2,1-2H3. The summed E-state index contributed by atoms with van der Waals surface area (Å²) in [6, 6.07) is 11.7. The van der Waals surface area contributed by atoms with E-state index in [1.165, 1.54) is 5.56 Å². The van der Waals surface area contributed by atoms with Gasteiger partial charge >= 0.3 is 0 Å². The van der Waals surface area contributed by atoms with Crippen molar-refractivity contribution in [3.05, 3.63) is 52.8 Å². The smallest absolute Gasteiger partial charge is 0.151 e. The van der Waals surface area contributed by atoms with E-state index in [2.05, 4.69) is 27.2 Å². The van der Waals surface area contributed by atoms with Crippen LogP contribution in [-0.4, -0.2) is 29.3 Å². The van der Waals surface area contributed by atoms with E-state index in [1.807, 2.05) is 25.2 Å². The Morgan fingerprint density at radius 1 is 1.05 bits per heavy atom. The molecule has 100 valence electrons. The molecule has 4 nitrogen and oxygen atoms in total. The van der Waals surface area contributed by atoms with Gasteiger partial charge in [-0.2, -0.15) is 5.10 Å². The number of hydrogen-bond acceptors (Lipinski definition) is 4. The van der Waals surface area contributed by atoms with Crippen molar-refractivity contribution >= 4 is 11.6 Å². The normalized spacial score (nSPS) is 10.7. The third-order valence-electron chi connectivity index (χ3n) is 2.73. The first-order valence-electron chi connectivity index (χ1n) is 5.97. The van der Waals surface area contributed by atoms with Gasteiger partial charge in [-0.3, -0.25) is 4.90 Å². The highest BCUT2D eigenvalue weighted by atomic mass is 35.5. The molecule has 1 aromatic carbocycles. The minimum absolute atomic E-state index is 0.418. The first kappa shape index (κ1) is 13.8. The maximum Gasteiger partial charge on any atom is 0.151 e. The monoisotopic (exact) mass is 277 g/mol. The number of rotatable bonds is 5. The zero-order valence-corrected chi connectivity index (χ0v) is 11.8. The van der Waals surface area contributed by atoms with Crippen LogP contribution in [0.1, 0.15) is 11.3 Å². The molecule has 0 saturated heterocycles. The second-order valence-electron chi connectivity index (χ2n) is 4.37. The van der Waals surface area contributed by atoms with E-state index < -0.39 is 0 Å². The number of methoxy groups -OCH3 is 1. The van der Waals surface area contributed by atoms with Crippen molar-refractivity contribution < 1.29 is 4.74 Å². The molecule has 0 N–H and O–H groups in total. The predicted octanol–water partition coefficient (Wildman–Crippen LogP) is 2.77. The van der Waals surface area contributed by atoms with Gasteiger partial charge in [0.05, 0.1) is 12.8 Å². The maximum absolute atomic E-state index is 5.71. The van der Waals surface area contributed by atoms with Crippen LogP contribution in [0.15, 0.2) is 36.4 Å². The molecule has 0 fully saturated rings. The third kappa shape index (κ3) is 4.19. The zero-order chi connectivity index (χ0) is 13.7. The molecule has 0 atom stereocenters. The van der Waals surface area contributed by atoms with E-state index >= 15 is 0 Å². The fourth-order valence-corrected chi connectivity index (χ4v) is 1.90. The molecular weight excluding hydrogens is 262 g/mol. The van der Waals surface area contributed by atoms with E-state index in [-0.39, 0.29) is 0 Å². The molecule has 19 heavy (non-hydrogen) atoms. The largest absolute Gasteiger partial charge is 0.497 e. The van der Waals surface area contributed by atoms with E-state index in [1.54, 1.807) is 13.2 Å². The molecule has 0 radical (unpaired) electrons. The van der Waals surface area contributed by atoms with Crippen LogP contribution in [0.2, 0.25) is 5.15 Å². The van der Waals surface area contributed by atoms with Crippen LogP contribution in [0.4, 0.5) is 0 Å². The molecule has 0 aliphatic rings. The summed E-state index contributed by atoms with van der Waals surface area (Å²) in [6.07, 6.45) is 0. The second-order valence-corrected chi connectivity index (χ2v) is 4.76. The lowest BCUT2D eigenvalue weighted by Crippen LogP contribution is -2.18. The molecule has 0 aliphatic heterocycles. The molecule has 0 saturated carbocycles. The molecule has 0 unspecified atom stereocenters. The number of benzene rings is 1. The fraction of sp³-hybridized carbons (Fsp3) is 0.286. The van der Waals surface area contributed by atoms with Gasteiger partial charge in [0, 0.05) is 13.1 Å². The van der Waals surface area contributed by atoms with Gasteiger partial charge in [0.2, 0.25) is 0 Å². The van der Waals surface area contributed by atoms with E-state index in [9.17, 15) is 0 Å². The molecular formula is C14H16ClN3O. The number of aromatic nitrogens is 2. The van der Waals surface area contributed by atoms with Crippen molar-refractivity contribution in [3.8, 4) is 5.75 Å². The van der Waals surface area contributed by atoms with Crippen molar-refractivity contribution in [1.82, 2.24) is 15.1 Å². The van der Waals surface area contributed by atoms with Crippen LogP contribution in [0, 0.1) is 0 Å². The first-order valence-corrected chi connectivity index (χ1v) is 6.35. The molecule has 0 aliphatic carbocycles. The van der Waals surface area contributed by atoms with Crippen molar-refractivity contribution in [1.29, 1.82) is 0 Å². The number of hydrogen-bond donors (Lipinski definition) is 0. The molecule has 1 aromatic heterocycles. The van der Waals surface area contributed by atoms with Crippen LogP contribution in [0.5, 0.6) is 5.75 Å². The minimum Gasteiger partial charge on any atom is -0.497 e. The lowest BCUT2D eigenvalue weighted by atomic mass is 10.2. The van der Waals surface area contributed by atoms with Gasteiger partial charge < -0.3 is 4.74 Å². The first-order chi connectivity index (χ1) is 9.17. The average Bonchev–Trinajstić information content (AvgIpc) is 2.42. The van der Waals surface area contributed by atoms with Gasteiger partial charge in [0.15, 0.2) is 5.15 Å². The topological polar surface area (TPSA) is 38.2 Å². The molecule has 1 heterocycles. The minimum atomic E-state index is 0.418. The van der Waals surface area contributed by atoms with Gasteiger partial charge in [-0.05, 0) is 36.9 Å². The Morgan fingerprint density at radius 3 is 2.37 bits per heavy atom. The highest BCUT2D eigenvalue weighted by Gasteiger charge is 2.04. The average molecular weight is 278 g/mol. The van der Waals surface area contributed by atoms with Crippen molar-refractivity contribution in [3.63, 3.8) is 0 Å². The predicted molar refractivity (Wildman–Crippen MR) is 75.2 cm³/mol. The van der Waals surface area contributed by atoms with E-state index in [0.29, 0.717) is 5.15 Å². The van der Waals surface area contributed by atoms with Gasteiger partial charge in [0.1, 0.15) is 5.75 Å². The van der Waals surface area contributed by atoms with Crippen LogP contribution < -0.4 is 4.74 Å². The lowest BCUT2D eigenvalue weighted by molar-refractivity contribution is 0.313. The Balaban J connectivity index is 1.92. The fourth-order valence-electron chi connectivity index (χ4n) is 1.80. The highest BCUT2D eigenvalue weighted by Crippen LogP contribution is 2.13. The van der Waals surface area contributed by atoms with Crippen LogP contribution in [0.25, 0.3) is 0 Å². The van der Waals surface area contributed by atoms with Crippen molar-refractivity contribution in [2.75, 3.05) is 14.2 Å². The maximum atomic E-state index is 5.71. The summed E-state index contributed by atoms with van der Waals surface area (Å²) in [5.74, 6) is 0.870. The Morgan fingerprint density at radius 2 is 1.79 bits per heavy atom. The van der Waals surface area contributed by atoms with Crippen LogP contribution >= 0.6 is 11.6 Å². The zero-order valence-electron chi connectivity index (χ0n) is 11.0. The summed E-state index contributed by atoms with van der Waals surface area (Å²) in [7, 11) is 3.71. The summed E-state index contributed by atoms with van der Waals surface area (Å²) in [6.45, 7) is 1.57. The van der Waals surface area contributed by atoms with Gasteiger partial charge in [0.25, 0.3) is 0 Å². The van der Waals surface area contributed by atoms with Crippen molar-refractivity contribution in [2.24, 2.45) is 0 Å². The summed E-state index contributed by atoms with van der Waals surface area (Å²) in [5.41, 5.74) is 2.13. The lowest BCUT2D eigenvalue weighted by Gasteiger charge is -2.16. The highest BCUT2D eigenvalue weighted by molar-refractivity contribution is 6.29. The second kappa shape index (κ2) is 6.50. The molecule has 0 spiro atoms. The Hall–Kier alpha value is -1.65. The molecule has 0 bridgehead atoms. The Labute approximate surface area is 118 Å². The molecule has 2 aromatic rings. The number of halogens is 1. The van der Waals surface area contributed by atoms with E-state index in [0.717, 1.165) is 24.5 Å². The quantitative estimate of drug-likeness (QED) is 0.842. The summed E-state index contributed by atoms with van der Waals surface area (Å²) < 4.78 is 5.14. The Bertz CT molecular complexity index is 513. The SMILES string of the molecule is COc1ccc(CN(C)Cc2ccc(Cl)nn2)cc1. The van der Waals surface area contributed by atoms with Gasteiger partial charge in [-0.1, -0.05) is 23.7 Å². The van der Waals surface area contributed by atoms with Crippen LogP contribution in [-0.2, 0) is 13.1 Å². The summed E-state index contributed by atoms with van der Waals surface area (Å²) in [5, 5.41) is 8.30. The van der Waals surface area contributed by atoms with Crippen LogP contribution in [0.3, 0.4) is 0 Å². The van der Waals surface area contributed by atoms with Crippen molar-refractivity contribution in [2.45, 2.75) is 13.1 Å². The van der Waals surface area contributed by atoms with Gasteiger partial charge in [-0.15, -0.1) is 5.10 Å². The van der Waals surface area contributed by atoms with E-state index in [4.69, 9.17) is 16.3 Å². The summed E-state index contributed by atoms with van der Waals surface area (Å²) >= 11 is 5.71.